The molecule has 1 aromatic carbocycles. The van der Waals surface area contributed by atoms with E-state index in [2.05, 4.69) is 10.0 Å². The number of benzene rings is 1. The number of sulfonamides is 1. The molecule has 0 aliphatic rings. The zero-order chi connectivity index (χ0) is 15.2. The molecule has 0 aliphatic carbocycles. The Morgan fingerprint density at radius 1 is 1.40 bits per heavy atom. The third kappa shape index (κ3) is 4.59. The quantitative estimate of drug-likeness (QED) is 0.696. The van der Waals surface area contributed by atoms with Crippen molar-refractivity contribution in [1.82, 2.24) is 4.72 Å². The fourth-order valence-electron chi connectivity index (χ4n) is 1.73. The number of nitrogens with one attached hydrogen (secondary N) is 2. The first-order valence-corrected chi connectivity index (χ1v) is 7.94. The Morgan fingerprint density at radius 3 is 2.65 bits per heavy atom. The van der Waals surface area contributed by atoms with E-state index in [0.717, 1.165) is 6.42 Å². The lowest BCUT2D eigenvalue weighted by Crippen LogP contribution is -2.22. The van der Waals surface area contributed by atoms with Crippen molar-refractivity contribution in [3.05, 3.63) is 24.3 Å². The topological polar surface area (TPSA) is 101 Å². The van der Waals surface area contributed by atoms with Gasteiger partial charge in [0, 0.05) is 12.1 Å². The van der Waals surface area contributed by atoms with Crippen molar-refractivity contribution in [2.24, 2.45) is 11.7 Å². The second-order valence-corrected chi connectivity index (χ2v) is 6.38. The second-order valence-electron chi connectivity index (χ2n) is 4.50. The van der Waals surface area contributed by atoms with Gasteiger partial charge in [0.2, 0.25) is 15.9 Å². The molecule has 0 spiro atoms. The average molecular weight is 299 g/mol. The number of nitrogens with two attached hydrogens (primary N) is 1. The van der Waals surface area contributed by atoms with Crippen molar-refractivity contribution in [3.8, 4) is 0 Å². The molecule has 0 saturated heterocycles. The number of rotatable bonds is 7. The summed E-state index contributed by atoms with van der Waals surface area (Å²) in [6.07, 6.45) is 1.16. The molecule has 6 nitrogen and oxygen atoms in total. The minimum absolute atomic E-state index is 0.115. The SMILES string of the molecule is CCC(CN)CC(=O)Nc1cccc(S(=O)(=O)NC)c1. The summed E-state index contributed by atoms with van der Waals surface area (Å²) >= 11 is 0. The molecule has 0 radical (unpaired) electrons. The molecular weight excluding hydrogens is 278 g/mol. The maximum absolute atomic E-state index is 11.8. The molecule has 1 unspecified atom stereocenters. The highest BCUT2D eigenvalue weighted by molar-refractivity contribution is 7.89. The summed E-state index contributed by atoms with van der Waals surface area (Å²) in [4.78, 5) is 12.0. The number of amides is 1. The summed E-state index contributed by atoms with van der Waals surface area (Å²) in [6, 6.07) is 6.12. The molecule has 0 aliphatic heterocycles. The number of hydrogen-bond acceptors (Lipinski definition) is 4. The van der Waals surface area contributed by atoms with Gasteiger partial charge in [0.05, 0.1) is 4.90 Å². The van der Waals surface area contributed by atoms with Crippen LogP contribution in [0.2, 0.25) is 0 Å². The lowest BCUT2D eigenvalue weighted by atomic mass is 10.0. The number of anilines is 1. The molecule has 112 valence electrons. The molecule has 1 aromatic rings. The standard InChI is InChI=1S/C13H21N3O3S/c1-3-10(9-14)7-13(17)16-11-5-4-6-12(8-11)20(18,19)15-2/h4-6,8,10,15H,3,7,9,14H2,1-2H3,(H,16,17). The summed E-state index contributed by atoms with van der Waals surface area (Å²) in [5.41, 5.74) is 6.01. The van der Waals surface area contributed by atoms with Crippen molar-refractivity contribution in [2.75, 3.05) is 18.9 Å². The van der Waals surface area contributed by atoms with Crippen molar-refractivity contribution in [1.29, 1.82) is 0 Å². The molecule has 0 aromatic heterocycles. The van der Waals surface area contributed by atoms with Gasteiger partial charge in [0.15, 0.2) is 0 Å². The summed E-state index contributed by atoms with van der Waals surface area (Å²) in [6.45, 7) is 2.43. The van der Waals surface area contributed by atoms with E-state index in [1.54, 1.807) is 12.1 Å². The number of hydrogen-bond donors (Lipinski definition) is 3. The fraction of sp³-hybridized carbons (Fsp3) is 0.462. The monoisotopic (exact) mass is 299 g/mol. The number of carbonyl (C=O) groups excluding carboxylic acids is 1. The van der Waals surface area contributed by atoms with Crippen LogP contribution in [0.1, 0.15) is 19.8 Å². The van der Waals surface area contributed by atoms with E-state index >= 15 is 0 Å². The van der Waals surface area contributed by atoms with Crippen LogP contribution in [0.25, 0.3) is 0 Å². The first-order chi connectivity index (χ1) is 9.42. The maximum Gasteiger partial charge on any atom is 0.240 e. The van der Waals surface area contributed by atoms with Crippen molar-refractivity contribution in [2.45, 2.75) is 24.7 Å². The Balaban J connectivity index is 2.79. The molecule has 4 N–H and O–H groups in total. The normalized spacial score (nSPS) is 12.9. The molecule has 7 heteroatoms. The highest BCUT2D eigenvalue weighted by atomic mass is 32.2. The Hall–Kier alpha value is -1.44. The summed E-state index contributed by atoms with van der Waals surface area (Å²) in [7, 11) is -2.17. The lowest BCUT2D eigenvalue weighted by Gasteiger charge is -2.12. The van der Waals surface area contributed by atoms with Gasteiger partial charge in [-0.05, 0) is 37.7 Å². The Bertz CT molecular complexity index is 554. The van der Waals surface area contributed by atoms with Crippen molar-refractivity contribution in [3.63, 3.8) is 0 Å². The highest BCUT2D eigenvalue weighted by Gasteiger charge is 2.14. The smallest absolute Gasteiger partial charge is 0.240 e. The zero-order valence-electron chi connectivity index (χ0n) is 11.7. The first kappa shape index (κ1) is 16.6. The highest BCUT2D eigenvalue weighted by Crippen LogP contribution is 2.16. The Morgan fingerprint density at radius 2 is 2.10 bits per heavy atom. The first-order valence-electron chi connectivity index (χ1n) is 6.46. The predicted molar refractivity (Wildman–Crippen MR) is 78.8 cm³/mol. The molecule has 1 amide bonds. The molecule has 0 saturated carbocycles. The third-order valence-corrected chi connectivity index (χ3v) is 4.49. The van der Waals surface area contributed by atoms with E-state index in [1.165, 1.54) is 19.2 Å². The molecule has 0 fully saturated rings. The molecule has 1 rings (SSSR count). The third-order valence-electron chi connectivity index (χ3n) is 3.08. The maximum atomic E-state index is 11.8. The predicted octanol–water partition coefficient (Wildman–Crippen LogP) is 0.908. The molecule has 1 atom stereocenters. The largest absolute Gasteiger partial charge is 0.330 e. The molecule has 0 bridgehead atoms. The van der Waals surface area contributed by atoms with Gasteiger partial charge in [0.1, 0.15) is 0 Å². The van der Waals surface area contributed by atoms with Crippen LogP contribution in [0.4, 0.5) is 5.69 Å². The zero-order valence-corrected chi connectivity index (χ0v) is 12.5. The van der Waals surface area contributed by atoms with Crippen LogP contribution in [0, 0.1) is 5.92 Å². The summed E-state index contributed by atoms with van der Waals surface area (Å²) in [5, 5.41) is 2.69. The van der Waals surface area contributed by atoms with Crippen LogP contribution in [0.15, 0.2) is 29.2 Å². The Labute approximate surface area is 119 Å². The van der Waals surface area contributed by atoms with E-state index in [0.29, 0.717) is 18.7 Å². The van der Waals surface area contributed by atoms with Gasteiger partial charge < -0.3 is 11.1 Å². The van der Waals surface area contributed by atoms with Crippen LogP contribution in [0.3, 0.4) is 0 Å². The van der Waals surface area contributed by atoms with Gasteiger partial charge >= 0.3 is 0 Å². The second kappa shape index (κ2) is 7.37. The number of carbonyl (C=O) groups is 1. The van der Waals surface area contributed by atoms with E-state index in [9.17, 15) is 13.2 Å². The molecular formula is C13H21N3O3S. The average Bonchev–Trinajstić information content (AvgIpc) is 2.45. The summed E-state index contributed by atoms with van der Waals surface area (Å²) < 4.78 is 25.6. The van der Waals surface area contributed by atoms with E-state index in [4.69, 9.17) is 5.73 Å². The van der Waals surface area contributed by atoms with Gasteiger partial charge in [-0.1, -0.05) is 19.4 Å². The fourth-order valence-corrected chi connectivity index (χ4v) is 2.50. The van der Waals surface area contributed by atoms with Gasteiger partial charge in [-0.2, -0.15) is 0 Å². The van der Waals surface area contributed by atoms with Crippen LogP contribution in [0.5, 0.6) is 0 Å². The minimum atomic E-state index is -3.51. The molecule has 20 heavy (non-hydrogen) atoms. The van der Waals surface area contributed by atoms with E-state index in [1.807, 2.05) is 6.92 Å². The molecule has 0 heterocycles. The van der Waals surface area contributed by atoms with Gasteiger partial charge in [0.25, 0.3) is 0 Å². The van der Waals surface area contributed by atoms with Gasteiger partial charge in [-0.15, -0.1) is 0 Å². The van der Waals surface area contributed by atoms with E-state index < -0.39 is 10.0 Å². The van der Waals surface area contributed by atoms with Gasteiger partial charge in [-0.3, -0.25) is 4.79 Å². The lowest BCUT2D eigenvalue weighted by molar-refractivity contribution is -0.117. The van der Waals surface area contributed by atoms with Crippen molar-refractivity contribution >= 4 is 21.6 Å². The Kier molecular flexibility index (Phi) is 6.12. The van der Waals surface area contributed by atoms with Crippen molar-refractivity contribution < 1.29 is 13.2 Å². The van der Waals surface area contributed by atoms with Gasteiger partial charge in [-0.25, -0.2) is 13.1 Å². The van der Waals surface area contributed by atoms with Crippen LogP contribution in [-0.2, 0) is 14.8 Å². The van der Waals surface area contributed by atoms with Crippen LogP contribution < -0.4 is 15.8 Å². The van der Waals surface area contributed by atoms with Crippen LogP contribution >= 0.6 is 0 Å². The minimum Gasteiger partial charge on any atom is -0.330 e. The van der Waals surface area contributed by atoms with Crippen LogP contribution in [-0.4, -0.2) is 27.9 Å². The van der Waals surface area contributed by atoms with E-state index in [-0.39, 0.29) is 16.7 Å². The summed E-state index contributed by atoms with van der Waals surface area (Å²) in [5.74, 6) is -0.0273.